The van der Waals surface area contributed by atoms with E-state index in [2.05, 4.69) is 267 Å². The molecule has 0 amide bonds. The van der Waals surface area contributed by atoms with E-state index in [1.165, 1.54) is 72.1 Å². The van der Waals surface area contributed by atoms with Gasteiger partial charge in [0.05, 0.1) is 11.1 Å². The third-order valence-corrected chi connectivity index (χ3v) is 15.5. The van der Waals surface area contributed by atoms with Crippen LogP contribution in [0.15, 0.2) is 253 Å². The van der Waals surface area contributed by atoms with Crippen molar-refractivity contribution in [2.24, 2.45) is 0 Å². The molecule has 0 saturated carbocycles. The number of hydrogen-bond acceptors (Lipinski definition) is 2. The van der Waals surface area contributed by atoms with Crippen LogP contribution in [0.4, 0.5) is 17.1 Å². The second-order valence-electron chi connectivity index (χ2n) is 19.5. The van der Waals surface area contributed by atoms with Crippen LogP contribution < -0.4 is 4.90 Å². The molecule has 0 aliphatic heterocycles. The third-order valence-electron chi connectivity index (χ3n) is 15.5. The van der Waals surface area contributed by atoms with E-state index in [-0.39, 0.29) is 5.41 Å². The number of benzene rings is 11. The Balaban J connectivity index is 1.01. The van der Waals surface area contributed by atoms with Gasteiger partial charge in [-0.05, 0) is 126 Å². The van der Waals surface area contributed by atoms with E-state index in [1.54, 1.807) is 0 Å². The first-order valence-electron chi connectivity index (χ1n) is 24.4. The summed E-state index contributed by atoms with van der Waals surface area (Å²) >= 11 is 0. The summed E-state index contributed by atoms with van der Waals surface area (Å²) in [6.07, 6.45) is 0. The lowest BCUT2D eigenvalue weighted by molar-refractivity contribution is 0.660. The fraction of sp³-hybridized carbons (Fsp3) is 0.0588. The van der Waals surface area contributed by atoms with E-state index in [1.807, 2.05) is 0 Å². The molecule has 2 aliphatic rings. The van der Waals surface area contributed by atoms with Gasteiger partial charge in [-0.15, -0.1) is 0 Å². The van der Waals surface area contributed by atoms with Crippen molar-refractivity contribution in [3.8, 4) is 44.5 Å². The topological polar surface area (TPSA) is 16.4 Å². The number of rotatable bonds is 7. The van der Waals surface area contributed by atoms with Gasteiger partial charge in [0, 0.05) is 33.1 Å². The van der Waals surface area contributed by atoms with Gasteiger partial charge in [-0.1, -0.05) is 220 Å². The van der Waals surface area contributed by atoms with Crippen LogP contribution >= 0.6 is 0 Å². The largest absolute Gasteiger partial charge is 0.453 e. The summed E-state index contributed by atoms with van der Waals surface area (Å²) in [5.74, 6) is 0. The first-order valence-corrected chi connectivity index (χ1v) is 24.4. The summed E-state index contributed by atoms with van der Waals surface area (Å²) in [5.41, 5.74) is 21.6. The van der Waals surface area contributed by atoms with Crippen LogP contribution in [-0.2, 0) is 10.8 Å². The number of fused-ring (bicyclic) bond motifs is 10. The van der Waals surface area contributed by atoms with E-state index >= 15 is 0 Å². The van der Waals surface area contributed by atoms with Crippen molar-refractivity contribution in [3.05, 3.63) is 282 Å². The highest BCUT2D eigenvalue weighted by molar-refractivity contribution is 6.20. The SMILES string of the molecule is CC1(C)c2ccccc2-c2ccc(N(c3ccc(-c4ccccc4)cc3)c3cccc4c3oc3c(-c5ccc6c(c5)C(c5ccccc5)(c5ccccc5)c5ccccc5-6)c5ccccc5cc34)cc21. The minimum atomic E-state index is -0.530. The molecule has 0 bridgehead atoms. The molecule has 0 fully saturated rings. The van der Waals surface area contributed by atoms with E-state index in [0.717, 1.165) is 55.5 Å². The van der Waals surface area contributed by atoms with Gasteiger partial charge in [-0.2, -0.15) is 0 Å². The van der Waals surface area contributed by atoms with E-state index in [4.69, 9.17) is 4.42 Å². The Morgan fingerprint density at radius 3 is 1.63 bits per heavy atom. The van der Waals surface area contributed by atoms with Gasteiger partial charge in [0.1, 0.15) is 5.58 Å². The lowest BCUT2D eigenvalue weighted by Crippen LogP contribution is -2.28. The summed E-state index contributed by atoms with van der Waals surface area (Å²) in [6, 6.07) is 91.6. The van der Waals surface area contributed by atoms with Gasteiger partial charge in [0.25, 0.3) is 0 Å². The zero-order chi connectivity index (χ0) is 46.6. The maximum atomic E-state index is 7.54. The Labute approximate surface area is 408 Å². The van der Waals surface area contributed by atoms with E-state index in [9.17, 15) is 0 Å². The molecule has 0 radical (unpaired) electrons. The van der Waals surface area contributed by atoms with Crippen LogP contribution in [0.1, 0.15) is 47.2 Å². The van der Waals surface area contributed by atoms with Crippen molar-refractivity contribution in [2.75, 3.05) is 4.90 Å². The second kappa shape index (κ2) is 15.4. The Morgan fingerprint density at radius 1 is 0.343 bits per heavy atom. The highest BCUT2D eigenvalue weighted by Gasteiger charge is 2.46. The Bertz CT molecular complexity index is 3970. The fourth-order valence-electron chi connectivity index (χ4n) is 12.3. The van der Waals surface area contributed by atoms with Gasteiger partial charge >= 0.3 is 0 Å². The lowest BCUT2D eigenvalue weighted by atomic mass is 9.67. The molecule has 0 N–H and O–H groups in total. The summed E-state index contributed by atoms with van der Waals surface area (Å²) in [6.45, 7) is 4.71. The normalized spacial score (nSPS) is 13.8. The van der Waals surface area contributed by atoms with Gasteiger partial charge in [0.2, 0.25) is 0 Å². The zero-order valence-corrected chi connectivity index (χ0v) is 39.0. The zero-order valence-electron chi connectivity index (χ0n) is 39.0. The van der Waals surface area contributed by atoms with Crippen LogP contribution in [0.5, 0.6) is 0 Å². The van der Waals surface area contributed by atoms with Crippen LogP contribution in [-0.4, -0.2) is 0 Å². The third kappa shape index (κ3) is 5.80. The average molecular weight is 894 g/mol. The predicted molar refractivity (Wildman–Crippen MR) is 292 cm³/mol. The molecule has 1 aromatic heterocycles. The molecular weight excluding hydrogens is 847 g/mol. The molecule has 0 atom stereocenters. The number of hydrogen-bond donors (Lipinski definition) is 0. The van der Waals surface area contributed by atoms with Crippen LogP contribution in [0.2, 0.25) is 0 Å². The number of nitrogens with zero attached hydrogens (tertiary/aromatic N) is 1. The quantitative estimate of drug-likeness (QED) is 0.158. The van der Waals surface area contributed by atoms with Crippen molar-refractivity contribution in [1.29, 1.82) is 0 Å². The van der Waals surface area contributed by atoms with Crippen molar-refractivity contribution in [1.82, 2.24) is 0 Å². The van der Waals surface area contributed by atoms with Crippen molar-refractivity contribution in [2.45, 2.75) is 24.7 Å². The molecule has 2 aliphatic carbocycles. The maximum absolute atomic E-state index is 7.54. The predicted octanol–water partition coefficient (Wildman–Crippen LogP) is 18.2. The Kier molecular flexibility index (Phi) is 8.88. The van der Waals surface area contributed by atoms with Crippen LogP contribution in [0, 0.1) is 0 Å². The monoisotopic (exact) mass is 893 g/mol. The standard InChI is InChI=1S/C68H47NO/c1-67(2)59-30-16-14-27-53(59)55-40-38-51(43-61(55)67)69(50-36-33-45(34-37-50)44-19-6-3-7-20-44)63-32-18-29-57-58-41-46-21-12-13-26-52(46)64(66(58)70-65(57)63)47-35-39-56-54-28-15-17-31-60(54)68(62(56)42-47,48-22-8-4-9-23-48)49-24-10-5-11-25-49/h3-43H,1-2H3. The minimum Gasteiger partial charge on any atom is -0.453 e. The maximum Gasteiger partial charge on any atom is 0.159 e. The minimum absolute atomic E-state index is 0.166. The fourth-order valence-corrected chi connectivity index (χ4v) is 12.3. The average Bonchev–Trinajstić information content (AvgIpc) is 4.02. The molecule has 12 aromatic rings. The van der Waals surface area contributed by atoms with Crippen LogP contribution in [0.3, 0.4) is 0 Å². The van der Waals surface area contributed by atoms with Gasteiger partial charge in [-0.3, -0.25) is 0 Å². The molecule has 70 heavy (non-hydrogen) atoms. The lowest BCUT2D eigenvalue weighted by Gasteiger charge is -2.34. The van der Waals surface area contributed by atoms with Crippen molar-refractivity contribution < 1.29 is 4.42 Å². The van der Waals surface area contributed by atoms with Crippen molar-refractivity contribution in [3.63, 3.8) is 0 Å². The smallest absolute Gasteiger partial charge is 0.159 e. The van der Waals surface area contributed by atoms with E-state index in [0.29, 0.717) is 0 Å². The molecule has 2 nitrogen and oxygen atoms in total. The number of para-hydroxylation sites is 1. The molecule has 0 unspecified atom stereocenters. The summed E-state index contributed by atoms with van der Waals surface area (Å²) < 4.78 is 7.54. The highest BCUT2D eigenvalue weighted by atomic mass is 16.3. The molecule has 330 valence electrons. The van der Waals surface area contributed by atoms with Gasteiger partial charge in [-0.25, -0.2) is 0 Å². The summed E-state index contributed by atoms with van der Waals surface area (Å²) in [7, 11) is 0. The molecule has 14 rings (SSSR count). The number of anilines is 3. The molecule has 0 saturated heterocycles. The highest BCUT2D eigenvalue weighted by Crippen LogP contribution is 2.58. The first kappa shape index (κ1) is 40.4. The van der Waals surface area contributed by atoms with Crippen molar-refractivity contribution >= 4 is 49.8 Å². The Morgan fingerprint density at radius 2 is 0.886 bits per heavy atom. The molecule has 2 heteroatoms. The summed E-state index contributed by atoms with van der Waals surface area (Å²) in [4.78, 5) is 2.40. The first-order chi connectivity index (χ1) is 34.5. The summed E-state index contributed by atoms with van der Waals surface area (Å²) in [5, 5.41) is 4.50. The van der Waals surface area contributed by atoms with E-state index < -0.39 is 5.41 Å². The van der Waals surface area contributed by atoms with Crippen LogP contribution in [0.25, 0.3) is 77.2 Å². The molecule has 11 aromatic carbocycles. The Hall–Kier alpha value is -8.72. The molecule has 0 spiro atoms. The molecular formula is C68H47NO. The van der Waals surface area contributed by atoms with Gasteiger partial charge < -0.3 is 9.32 Å². The van der Waals surface area contributed by atoms with Gasteiger partial charge in [0.15, 0.2) is 5.58 Å². The number of furan rings is 1. The second-order valence-corrected chi connectivity index (χ2v) is 19.5. The molecule has 1 heterocycles.